The van der Waals surface area contributed by atoms with Crippen LogP contribution < -0.4 is 10.6 Å². The van der Waals surface area contributed by atoms with E-state index >= 15 is 0 Å². The quantitative estimate of drug-likeness (QED) is 0.642. The van der Waals surface area contributed by atoms with Crippen LogP contribution in [0.5, 0.6) is 0 Å². The zero-order valence-corrected chi connectivity index (χ0v) is 15.0. The number of carbonyl (C=O) groups is 2. The number of amides is 2. The number of nitrogens with one attached hydrogen (secondary N) is 2. The molecule has 5 nitrogen and oxygen atoms in total. The maximum Gasteiger partial charge on any atom is 0.411 e. The van der Waals surface area contributed by atoms with Crippen LogP contribution in [0.3, 0.4) is 0 Å². The molecule has 150 valence electrons. The third kappa shape index (κ3) is 7.79. The summed E-state index contributed by atoms with van der Waals surface area (Å²) in [6, 6.07) is 17.0. The van der Waals surface area contributed by atoms with Crippen molar-refractivity contribution in [3.63, 3.8) is 0 Å². The number of alkyl halides is 3. The van der Waals surface area contributed by atoms with E-state index in [0.29, 0.717) is 5.56 Å². The van der Waals surface area contributed by atoms with E-state index in [1.807, 2.05) is 6.07 Å². The van der Waals surface area contributed by atoms with Gasteiger partial charge in [-0.3, -0.25) is 9.59 Å². The molecule has 2 N–H and O–H groups in total. The number of ether oxygens (including phenoxy) is 1. The Bertz CT molecular complexity index is 752. The van der Waals surface area contributed by atoms with E-state index in [-0.39, 0.29) is 25.5 Å². The standard InChI is InChI=1S/C20H21F3N2O3/c21-20(22,23)14-28-12-11-24-18(26)13-17(15-7-3-1-4-8-15)25-19(27)16-9-5-2-6-10-16/h1-10,17H,11-14H2,(H,24,26)(H,25,27). The minimum Gasteiger partial charge on any atom is -0.370 e. The summed E-state index contributed by atoms with van der Waals surface area (Å²) in [6.45, 7) is -1.66. The highest BCUT2D eigenvalue weighted by Crippen LogP contribution is 2.17. The van der Waals surface area contributed by atoms with E-state index < -0.39 is 24.7 Å². The Kier molecular flexibility index (Phi) is 8.01. The highest BCUT2D eigenvalue weighted by Gasteiger charge is 2.27. The average molecular weight is 394 g/mol. The third-order valence-corrected chi connectivity index (χ3v) is 3.77. The molecule has 0 aromatic heterocycles. The molecular weight excluding hydrogens is 373 g/mol. The Morgan fingerprint density at radius 2 is 1.57 bits per heavy atom. The number of benzene rings is 2. The molecule has 0 saturated carbocycles. The molecule has 2 aromatic rings. The van der Waals surface area contributed by atoms with Crippen LogP contribution in [0.1, 0.15) is 28.4 Å². The smallest absolute Gasteiger partial charge is 0.370 e. The Labute approximate surface area is 160 Å². The summed E-state index contributed by atoms with van der Waals surface area (Å²) >= 11 is 0. The molecular formula is C20H21F3N2O3. The molecule has 0 spiro atoms. The Morgan fingerprint density at radius 1 is 0.964 bits per heavy atom. The number of hydrogen-bond acceptors (Lipinski definition) is 3. The fourth-order valence-corrected chi connectivity index (χ4v) is 2.48. The second-order valence-electron chi connectivity index (χ2n) is 6.02. The van der Waals surface area contributed by atoms with Crippen molar-refractivity contribution in [3.05, 3.63) is 71.8 Å². The van der Waals surface area contributed by atoms with Crippen molar-refractivity contribution in [1.82, 2.24) is 10.6 Å². The molecule has 0 bridgehead atoms. The molecule has 8 heteroatoms. The van der Waals surface area contributed by atoms with E-state index in [2.05, 4.69) is 15.4 Å². The van der Waals surface area contributed by atoms with Gasteiger partial charge in [-0.2, -0.15) is 13.2 Å². The van der Waals surface area contributed by atoms with Crippen molar-refractivity contribution in [3.8, 4) is 0 Å². The van der Waals surface area contributed by atoms with Gasteiger partial charge in [0.15, 0.2) is 0 Å². The van der Waals surface area contributed by atoms with Crippen molar-refractivity contribution in [2.24, 2.45) is 0 Å². The van der Waals surface area contributed by atoms with Crippen LogP contribution in [0, 0.1) is 0 Å². The van der Waals surface area contributed by atoms with Crippen LogP contribution in [0.2, 0.25) is 0 Å². The Balaban J connectivity index is 1.91. The Hall–Kier alpha value is -2.87. The molecule has 0 aliphatic heterocycles. The molecule has 0 heterocycles. The molecule has 28 heavy (non-hydrogen) atoms. The summed E-state index contributed by atoms with van der Waals surface area (Å²) in [5, 5.41) is 5.32. The second kappa shape index (κ2) is 10.5. The van der Waals surface area contributed by atoms with E-state index in [4.69, 9.17) is 0 Å². The first-order chi connectivity index (χ1) is 13.3. The van der Waals surface area contributed by atoms with Gasteiger partial charge >= 0.3 is 6.18 Å². The van der Waals surface area contributed by atoms with E-state index in [1.165, 1.54) is 0 Å². The van der Waals surface area contributed by atoms with Gasteiger partial charge in [-0.05, 0) is 17.7 Å². The predicted octanol–water partition coefficient (Wildman–Crippen LogP) is 3.24. The van der Waals surface area contributed by atoms with Gasteiger partial charge in [0.1, 0.15) is 6.61 Å². The van der Waals surface area contributed by atoms with Crippen molar-refractivity contribution < 1.29 is 27.5 Å². The highest BCUT2D eigenvalue weighted by molar-refractivity contribution is 5.94. The molecule has 0 aliphatic carbocycles. The largest absolute Gasteiger partial charge is 0.411 e. The minimum absolute atomic E-state index is 0.0525. The number of rotatable bonds is 9. The summed E-state index contributed by atoms with van der Waals surface area (Å²) in [5.41, 5.74) is 1.21. The van der Waals surface area contributed by atoms with E-state index in [0.717, 1.165) is 5.56 Å². The van der Waals surface area contributed by atoms with Gasteiger partial charge in [-0.1, -0.05) is 48.5 Å². The molecule has 1 unspecified atom stereocenters. The molecule has 1 atom stereocenters. The first-order valence-corrected chi connectivity index (χ1v) is 8.67. The van der Waals surface area contributed by atoms with Gasteiger partial charge in [0, 0.05) is 12.1 Å². The van der Waals surface area contributed by atoms with Crippen LogP contribution in [-0.4, -0.2) is 37.7 Å². The zero-order chi connectivity index (χ0) is 20.4. The van der Waals surface area contributed by atoms with Crippen LogP contribution in [-0.2, 0) is 9.53 Å². The SMILES string of the molecule is O=C(CC(NC(=O)c1ccccc1)c1ccccc1)NCCOCC(F)(F)F. The van der Waals surface area contributed by atoms with Gasteiger partial charge < -0.3 is 15.4 Å². The lowest BCUT2D eigenvalue weighted by molar-refractivity contribution is -0.173. The molecule has 0 aliphatic rings. The molecule has 0 fully saturated rings. The van der Waals surface area contributed by atoms with Crippen molar-refractivity contribution in [2.75, 3.05) is 19.8 Å². The first kappa shape index (κ1) is 21.4. The molecule has 2 rings (SSSR count). The summed E-state index contributed by atoms with van der Waals surface area (Å²) in [7, 11) is 0. The van der Waals surface area contributed by atoms with E-state index in [1.54, 1.807) is 54.6 Å². The summed E-state index contributed by atoms with van der Waals surface area (Å²) in [6.07, 6.45) is -4.45. The van der Waals surface area contributed by atoms with E-state index in [9.17, 15) is 22.8 Å². The van der Waals surface area contributed by atoms with Crippen LogP contribution in [0.15, 0.2) is 60.7 Å². The van der Waals surface area contributed by atoms with Gasteiger partial charge in [-0.25, -0.2) is 0 Å². The summed E-state index contributed by atoms with van der Waals surface area (Å²) in [5.74, 6) is -0.728. The van der Waals surface area contributed by atoms with Crippen LogP contribution in [0.25, 0.3) is 0 Å². The molecule has 2 aromatic carbocycles. The lowest BCUT2D eigenvalue weighted by Gasteiger charge is -2.19. The normalized spacial score (nSPS) is 12.2. The number of carbonyl (C=O) groups excluding carboxylic acids is 2. The Morgan fingerprint density at radius 3 is 2.18 bits per heavy atom. The van der Waals surface area contributed by atoms with Crippen molar-refractivity contribution in [2.45, 2.75) is 18.6 Å². The second-order valence-corrected chi connectivity index (χ2v) is 6.02. The van der Waals surface area contributed by atoms with Crippen molar-refractivity contribution in [1.29, 1.82) is 0 Å². The monoisotopic (exact) mass is 394 g/mol. The topological polar surface area (TPSA) is 67.4 Å². The van der Waals surface area contributed by atoms with Crippen LogP contribution >= 0.6 is 0 Å². The van der Waals surface area contributed by atoms with Gasteiger partial charge in [0.05, 0.1) is 19.1 Å². The maximum atomic E-state index is 12.4. The lowest BCUT2D eigenvalue weighted by atomic mass is 10.0. The highest BCUT2D eigenvalue weighted by atomic mass is 19.4. The third-order valence-electron chi connectivity index (χ3n) is 3.77. The van der Waals surface area contributed by atoms with Crippen molar-refractivity contribution >= 4 is 11.8 Å². The number of halogens is 3. The van der Waals surface area contributed by atoms with Crippen LogP contribution in [0.4, 0.5) is 13.2 Å². The van der Waals surface area contributed by atoms with Gasteiger partial charge in [0.25, 0.3) is 5.91 Å². The fraction of sp³-hybridized carbons (Fsp3) is 0.300. The molecule has 0 saturated heterocycles. The lowest BCUT2D eigenvalue weighted by Crippen LogP contribution is -2.35. The van der Waals surface area contributed by atoms with Gasteiger partial charge in [0.2, 0.25) is 5.91 Å². The first-order valence-electron chi connectivity index (χ1n) is 8.67. The average Bonchev–Trinajstić information content (AvgIpc) is 2.67. The zero-order valence-electron chi connectivity index (χ0n) is 15.0. The summed E-state index contributed by atoms with van der Waals surface area (Å²) < 4.78 is 40.5. The fourth-order valence-electron chi connectivity index (χ4n) is 2.48. The predicted molar refractivity (Wildman–Crippen MR) is 97.6 cm³/mol. The molecule has 2 amide bonds. The summed E-state index contributed by atoms with van der Waals surface area (Å²) in [4.78, 5) is 24.6. The van der Waals surface area contributed by atoms with Gasteiger partial charge in [-0.15, -0.1) is 0 Å². The molecule has 0 radical (unpaired) electrons. The maximum absolute atomic E-state index is 12.4. The number of hydrogen-bond donors (Lipinski definition) is 2. The minimum atomic E-state index is -4.40.